The molecule has 0 bridgehead atoms. The Balaban J connectivity index is 1.16. The van der Waals surface area contributed by atoms with E-state index in [2.05, 4.69) is 39.7 Å². The summed E-state index contributed by atoms with van der Waals surface area (Å²) in [6.45, 7) is 3.01. The van der Waals surface area contributed by atoms with Crippen molar-refractivity contribution in [2.75, 3.05) is 37.8 Å². The van der Waals surface area contributed by atoms with Crippen molar-refractivity contribution in [3.8, 4) is 11.4 Å². The maximum Gasteiger partial charge on any atom is 0.164 e. The van der Waals surface area contributed by atoms with Crippen LogP contribution < -0.4 is 10.6 Å². The molecule has 2 N–H and O–H groups in total. The maximum atomic E-state index is 12.2. The van der Waals surface area contributed by atoms with E-state index in [4.69, 9.17) is 9.97 Å². The van der Waals surface area contributed by atoms with E-state index in [1.165, 1.54) is 45.1 Å². The van der Waals surface area contributed by atoms with E-state index in [1.807, 2.05) is 29.2 Å². The fourth-order valence-electron chi connectivity index (χ4n) is 5.81. The fraction of sp³-hybridized carbons (Fsp3) is 0.567. The molecule has 3 saturated carbocycles. The molecule has 0 aliphatic heterocycles. The van der Waals surface area contributed by atoms with Crippen molar-refractivity contribution < 1.29 is 4.79 Å². The average Bonchev–Trinajstić information content (AvgIpc) is 3.87. The lowest BCUT2D eigenvalue weighted by atomic mass is 9.81. The van der Waals surface area contributed by atoms with Gasteiger partial charge in [0.15, 0.2) is 12.1 Å². The second-order valence-corrected chi connectivity index (χ2v) is 12.1. The van der Waals surface area contributed by atoms with Crippen LogP contribution in [0.3, 0.4) is 0 Å². The first-order valence-electron chi connectivity index (χ1n) is 14.6. The standard InChI is InChI=1S/C30H40N8O/c1-37(2)16-21-5-3-20(4-6-21)14-32-26-13-28(35-29(23-9-10-23)25(26)19-39)34-27-11-12-31-30(36-27)24-15-33-38(18-24)17-22-7-8-22/h11-13,15,18-23H,3-10,14,16-17H2,1-2H3,(H2,31,32,34,35,36). The predicted molar refractivity (Wildman–Crippen MR) is 153 cm³/mol. The summed E-state index contributed by atoms with van der Waals surface area (Å²) in [4.78, 5) is 28.6. The van der Waals surface area contributed by atoms with Crippen LogP contribution in [0.4, 0.5) is 17.3 Å². The third-order valence-corrected chi connectivity index (χ3v) is 8.29. The van der Waals surface area contributed by atoms with E-state index in [9.17, 15) is 4.79 Å². The lowest BCUT2D eigenvalue weighted by molar-refractivity contribution is 0.112. The van der Waals surface area contributed by atoms with Crippen molar-refractivity contribution in [3.05, 3.63) is 42.0 Å². The Morgan fingerprint density at radius 1 is 1.00 bits per heavy atom. The van der Waals surface area contributed by atoms with Crippen molar-refractivity contribution in [2.24, 2.45) is 17.8 Å². The van der Waals surface area contributed by atoms with Gasteiger partial charge < -0.3 is 15.5 Å². The van der Waals surface area contributed by atoms with Gasteiger partial charge in [-0.15, -0.1) is 0 Å². The quantitative estimate of drug-likeness (QED) is 0.303. The van der Waals surface area contributed by atoms with Gasteiger partial charge >= 0.3 is 0 Å². The molecule has 0 aromatic carbocycles. The molecule has 0 amide bonds. The number of pyridine rings is 1. The SMILES string of the molecule is CN(C)CC1CCC(CNc2cc(Nc3ccnc(-c4cnn(CC5CC5)c4)n3)nc(C3CC3)c2C=O)CC1. The number of aromatic nitrogens is 5. The summed E-state index contributed by atoms with van der Waals surface area (Å²) in [5, 5.41) is 11.5. The summed E-state index contributed by atoms with van der Waals surface area (Å²) in [7, 11) is 4.32. The number of nitrogens with zero attached hydrogens (tertiary/aromatic N) is 6. The van der Waals surface area contributed by atoms with E-state index < -0.39 is 0 Å². The number of carbonyl (C=O) groups excluding carboxylic acids is 1. The van der Waals surface area contributed by atoms with Crippen molar-refractivity contribution in [1.82, 2.24) is 29.6 Å². The van der Waals surface area contributed by atoms with Crippen molar-refractivity contribution in [2.45, 2.75) is 63.8 Å². The second kappa shape index (κ2) is 11.4. The van der Waals surface area contributed by atoms with Gasteiger partial charge in [-0.2, -0.15) is 5.10 Å². The van der Waals surface area contributed by atoms with Crippen LogP contribution in [0, 0.1) is 17.8 Å². The van der Waals surface area contributed by atoms with Gasteiger partial charge in [0.2, 0.25) is 0 Å². The monoisotopic (exact) mass is 528 g/mol. The normalized spacial score (nSPS) is 21.2. The first kappa shape index (κ1) is 25.9. The molecule has 0 radical (unpaired) electrons. The first-order chi connectivity index (χ1) is 19.0. The highest BCUT2D eigenvalue weighted by Gasteiger charge is 2.30. The number of hydrogen-bond donors (Lipinski definition) is 2. The average molecular weight is 529 g/mol. The van der Waals surface area contributed by atoms with E-state index in [1.54, 1.807) is 6.20 Å². The summed E-state index contributed by atoms with van der Waals surface area (Å²) in [6.07, 6.45) is 16.3. The van der Waals surface area contributed by atoms with Crippen molar-refractivity contribution in [3.63, 3.8) is 0 Å². The predicted octanol–water partition coefficient (Wildman–Crippen LogP) is 5.36. The summed E-state index contributed by atoms with van der Waals surface area (Å²) in [5.41, 5.74) is 3.37. The van der Waals surface area contributed by atoms with Crippen LogP contribution in [0.5, 0.6) is 0 Å². The zero-order valence-electron chi connectivity index (χ0n) is 23.1. The van der Waals surface area contributed by atoms with Crippen molar-refractivity contribution >= 4 is 23.6 Å². The molecule has 9 heteroatoms. The molecule has 3 fully saturated rings. The van der Waals surface area contributed by atoms with Crippen LogP contribution in [-0.2, 0) is 6.54 Å². The lowest BCUT2D eigenvalue weighted by Crippen LogP contribution is -2.28. The number of nitrogens with one attached hydrogen (secondary N) is 2. The Labute approximate surface area is 230 Å². The van der Waals surface area contributed by atoms with E-state index in [0.717, 1.165) is 61.0 Å². The number of rotatable bonds is 12. The molecule has 3 aliphatic carbocycles. The van der Waals surface area contributed by atoms with Crippen LogP contribution in [0.25, 0.3) is 11.4 Å². The highest BCUT2D eigenvalue weighted by molar-refractivity contribution is 5.87. The zero-order valence-corrected chi connectivity index (χ0v) is 23.1. The molecule has 0 atom stereocenters. The zero-order chi connectivity index (χ0) is 26.8. The molecule has 0 saturated heterocycles. The molecule has 0 unspecified atom stereocenters. The third-order valence-electron chi connectivity index (χ3n) is 8.29. The minimum absolute atomic E-state index is 0.354. The van der Waals surface area contributed by atoms with Crippen LogP contribution >= 0.6 is 0 Å². The molecular weight excluding hydrogens is 488 g/mol. The van der Waals surface area contributed by atoms with Gasteiger partial charge in [0.05, 0.1) is 28.7 Å². The molecule has 0 spiro atoms. The molecule has 3 heterocycles. The molecule has 6 rings (SSSR count). The summed E-state index contributed by atoms with van der Waals surface area (Å²) < 4.78 is 1.99. The molecule has 206 valence electrons. The first-order valence-corrected chi connectivity index (χ1v) is 14.6. The van der Waals surface area contributed by atoms with Gasteiger partial charge in [-0.25, -0.2) is 15.0 Å². The van der Waals surface area contributed by atoms with Crippen molar-refractivity contribution in [1.29, 1.82) is 0 Å². The minimum atomic E-state index is 0.354. The topological polar surface area (TPSA) is 101 Å². The number of aldehydes is 1. The number of hydrogen-bond acceptors (Lipinski definition) is 8. The van der Waals surface area contributed by atoms with E-state index >= 15 is 0 Å². The molecule has 9 nitrogen and oxygen atoms in total. The Bertz CT molecular complexity index is 1290. The van der Waals surface area contributed by atoms with Gasteiger partial charge in [0.25, 0.3) is 0 Å². The van der Waals surface area contributed by atoms with Gasteiger partial charge in [0.1, 0.15) is 11.6 Å². The summed E-state index contributed by atoms with van der Waals surface area (Å²) in [5.74, 6) is 4.55. The number of carbonyl (C=O) groups is 1. The Hall–Kier alpha value is -3.33. The van der Waals surface area contributed by atoms with Gasteiger partial charge in [0, 0.05) is 44.0 Å². The van der Waals surface area contributed by atoms with Crippen LogP contribution in [-0.4, -0.2) is 63.1 Å². The largest absolute Gasteiger partial charge is 0.384 e. The van der Waals surface area contributed by atoms with Gasteiger partial charge in [-0.05, 0) is 89.3 Å². The molecule has 3 aromatic heterocycles. The number of anilines is 3. The molecule has 3 aliphatic rings. The maximum absolute atomic E-state index is 12.2. The van der Waals surface area contributed by atoms with Crippen LogP contribution in [0.15, 0.2) is 30.7 Å². The molecule has 39 heavy (non-hydrogen) atoms. The van der Waals surface area contributed by atoms with Gasteiger partial charge in [-0.1, -0.05) is 0 Å². The fourth-order valence-corrected chi connectivity index (χ4v) is 5.81. The second-order valence-electron chi connectivity index (χ2n) is 12.1. The Kier molecular flexibility index (Phi) is 7.59. The Morgan fingerprint density at radius 3 is 2.49 bits per heavy atom. The van der Waals surface area contributed by atoms with Crippen LogP contribution in [0.2, 0.25) is 0 Å². The highest BCUT2D eigenvalue weighted by atomic mass is 16.1. The smallest absolute Gasteiger partial charge is 0.164 e. The highest BCUT2D eigenvalue weighted by Crippen LogP contribution is 2.43. The van der Waals surface area contributed by atoms with E-state index in [0.29, 0.717) is 34.9 Å². The lowest BCUT2D eigenvalue weighted by Gasteiger charge is -2.30. The molecular formula is C30H40N8O. The van der Waals surface area contributed by atoms with E-state index in [-0.39, 0.29) is 0 Å². The van der Waals surface area contributed by atoms with Crippen LogP contribution in [0.1, 0.15) is 73.3 Å². The summed E-state index contributed by atoms with van der Waals surface area (Å²) >= 11 is 0. The molecule has 3 aromatic rings. The Morgan fingerprint density at radius 2 is 1.77 bits per heavy atom. The summed E-state index contributed by atoms with van der Waals surface area (Å²) in [6, 6.07) is 3.81. The van der Waals surface area contributed by atoms with Gasteiger partial charge in [-0.3, -0.25) is 9.48 Å². The third kappa shape index (κ3) is 6.64. The minimum Gasteiger partial charge on any atom is -0.384 e.